The average Bonchev–Trinajstić information content (AvgIpc) is 2.33. The van der Waals surface area contributed by atoms with Gasteiger partial charge in [0.2, 0.25) is 5.91 Å². The molecule has 0 fully saturated rings. The van der Waals surface area contributed by atoms with E-state index in [1.165, 1.54) is 0 Å². The minimum absolute atomic E-state index is 0.0168. The van der Waals surface area contributed by atoms with Crippen LogP contribution in [0.15, 0.2) is 18.2 Å². The first-order valence-electron chi connectivity index (χ1n) is 6.38. The summed E-state index contributed by atoms with van der Waals surface area (Å²) in [7, 11) is 0. The first-order chi connectivity index (χ1) is 8.91. The zero-order valence-corrected chi connectivity index (χ0v) is 13.0. The van der Waals surface area contributed by atoms with Crippen LogP contribution in [0.3, 0.4) is 0 Å². The maximum absolute atomic E-state index is 11.4. The predicted molar refractivity (Wildman–Crippen MR) is 80.7 cm³/mol. The van der Waals surface area contributed by atoms with E-state index in [4.69, 9.17) is 23.2 Å². The second-order valence-corrected chi connectivity index (χ2v) is 5.63. The third-order valence-electron chi connectivity index (χ3n) is 2.83. The van der Waals surface area contributed by atoms with Crippen molar-refractivity contribution in [3.8, 4) is 0 Å². The van der Waals surface area contributed by atoms with Crippen LogP contribution in [0.4, 0.5) is 0 Å². The molecule has 5 heteroatoms. The van der Waals surface area contributed by atoms with Gasteiger partial charge in [-0.25, -0.2) is 0 Å². The van der Waals surface area contributed by atoms with Crippen LogP contribution in [0, 0.1) is 5.92 Å². The van der Waals surface area contributed by atoms with Gasteiger partial charge in [-0.3, -0.25) is 4.79 Å². The number of halogens is 2. The van der Waals surface area contributed by atoms with Gasteiger partial charge in [-0.05, 0) is 24.6 Å². The van der Waals surface area contributed by atoms with E-state index in [1.807, 2.05) is 32.9 Å². The van der Waals surface area contributed by atoms with Crippen molar-refractivity contribution in [2.45, 2.75) is 26.8 Å². The van der Waals surface area contributed by atoms with Gasteiger partial charge < -0.3 is 10.6 Å². The molecule has 0 heterocycles. The van der Waals surface area contributed by atoms with E-state index in [0.717, 1.165) is 5.56 Å². The van der Waals surface area contributed by atoms with Crippen LogP contribution in [-0.4, -0.2) is 19.0 Å². The minimum Gasteiger partial charge on any atom is -0.355 e. The lowest BCUT2D eigenvalue weighted by Gasteiger charge is -2.16. The highest BCUT2D eigenvalue weighted by Crippen LogP contribution is 2.25. The fourth-order valence-corrected chi connectivity index (χ4v) is 2.21. The molecule has 0 saturated heterocycles. The SMILES string of the molecule is CC(C)C(=O)NCCNC(C)c1ccc(Cl)cc1Cl. The Morgan fingerprint density at radius 2 is 1.89 bits per heavy atom. The van der Waals surface area contributed by atoms with Crippen molar-refractivity contribution in [1.29, 1.82) is 0 Å². The highest BCUT2D eigenvalue weighted by molar-refractivity contribution is 6.35. The number of carbonyl (C=O) groups excluding carboxylic acids is 1. The molecule has 0 aliphatic rings. The first-order valence-corrected chi connectivity index (χ1v) is 7.13. The summed E-state index contributed by atoms with van der Waals surface area (Å²) in [5, 5.41) is 7.45. The van der Waals surface area contributed by atoms with E-state index in [9.17, 15) is 4.79 Å². The fraction of sp³-hybridized carbons (Fsp3) is 0.500. The zero-order chi connectivity index (χ0) is 14.4. The van der Waals surface area contributed by atoms with Gasteiger partial charge in [-0.2, -0.15) is 0 Å². The highest BCUT2D eigenvalue weighted by atomic mass is 35.5. The van der Waals surface area contributed by atoms with Crippen LogP contribution in [0.2, 0.25) is 10.0 Å². The first kappa shape index (κ1) is 16.3. The molecule has 0 aliphatic carbocycles. The monoisotopic (exact) mass is 302 g/mol. The van der Waals surface area contributed by atoms with Crippen LogP contribution in [-0.2, 0) is 4.79 Å². The number of nitrogens with one attached hydrogen (secondary N) is 2. The second kappa shape index (κ2) is 7.73. The lowest BCUT2D eigenvalue weighted by atomic mass is 10.1. The molecule has 0 saturated carbocycles. The maximum atomic E-state index is 11.4. The number of hydrogen-bond acceptors (Lipinski definition) is 2. The molecular weight excluding hydrogens is 283 g/mol. The molecule has 0 bridgehead atoms. The minimum atomic E-state index is 0.0168. The number of rotatable bonds is 6. The van der Waals surface area contributed by atoms with E-state index >= 15 is 0 Å². The molecule has 1 aromatic rings. The topological polar surface area (TPSA) is 41.1 Å². The Morgan fingerprint density at radius 3 is 2.47 bits per heavy atom. The van der Waals surface area contributed by atoms with E-state index < -0.39 is 0 Å². The standard InChI is InChI=1S/C14H20Cl2N2O/c1-9(2)14(19)18-7-6-17-10(3)12-5-4-11(15)8-13(12)16/h4-5,8-10,17H,6-7H2,1-3H3,(H,18,19). The third kappa shape index (κ3) is 5.39. The van der Waals surface area contributed by atoms with Crippen molar-refractivity contribution < 1.29 is 4.79 Å². The molecule has 0 radical (unpaired) electrons. The summed E-state index contributed by atoms with van der Waals surface area (Å²) in [5.41, 5.74) is 1.00. The summed E-state index contributed by atoms with van der Waals surface area (Å²) in [6, 6.07) is 5.58. The zero-order valence-electron chi connectivity index (χ0n) is 11.5. The summed E-state index contributed by atoms with van der Waals surface area (Å²) in [6.45, 7) is 7.07. The van der Waals surface area contributed by atoms with Gasteiger partial charge in [0, 0.05) is 35.1 Å². The van der Waals surface area contributed by atoms with Crippen molar-refractivity contribution >= 4 is 29.1 Å². The lowest BCUT2D eigenvalue weighted by Crippen LogP contribution is -2.35. The highest BCUT2D eigenvalue weighted by Gasteiger charge is 2.10. The van der Waals surface area contributed by atoms with Crippen molar-refractivity contribution in [2.75, 3.05) is 13.1 Å². The van der Waals surface area contributed by atoms with Gasteiger partial charge in [0.15, 0.2) is 0 Å². The molecule has 2 N–H and O–H groups in total. The molecule has 1 unspecified atom stereocenters. The number of carbonyl (C=O) groups is 1. The molecule has 1 amide bonds. The van der Waals surface area contributed by atoms with Crippen molar-refractivity contribution in [1.82, 2.24) is 10.6 Å². The van der Waals surface area contributed by atoms with Crippen LogP contribution in [0.25, 0.3) is 0 Å². The van der Waals surface area contributed by atoms with E-state index in [2.05, 4.69) is 10.6 Å². The average molecular weight is 303 g/mol. The number of hydrogen-bond donors (Lipinski definition) is 2. The maximum Gasteiger partial charge on any atom is 0.222 e. The van der Waals surface area contributed by atoms with Crippen LogP contribution < -0.4 is 10.6 Å². The predicted octanol–water partition coefficient (Wildman–Crippen LogP) is 3.42. The van der Waals surface area contributed by atoms with Gasteiger partial charge in [0.05, 0.1) is 0 Å². The molecule has 3 nitrogen and oxygen atoms in total. The van der Waals surface area contributed by atoms with Crippen LogP contribution >= 0.6 is 23.2 Å². The summed E-state index contributed by atoms with van der Waals surface area (Å²) >= 11 is 12.0. The largest absolute Gasteiger partial charge is 0.355 e. The molecule has 1 rings (SSSR count). The Bertz CT molecular complexity index is 435. The van der Waals surface area contributed by atoms with Gasteiger partial charge in [-0.1, -0.05) is 43.1 Å². The summed E-state index contributed by atoms with van der Waals surface area (Å²) in [4.78, 5) is 11.4. The van der Waals surface area contributed by atoms with Gasteiger partial charge >= 0.3 is 0 Å². The number of benzene rings is 1. The quantitative estimate of drug-likeness (QED) is 0.791. The molecule has 0 aromatic heterocycles. The molecule has 0 spiro atoms. The Kier molecular flexibility index (Phi) is 6.63. The molecular formula is C14H20Cl2N2O. The molecule has 0 aliphatic heterocycles. The Labute approximate surface area is 124 Å². The Balaban J connectivity index is 2.39. The van der Waals surface area contributed by atoms with Crippen molar-refractivity contribution in [3.05, 3.63) is 33.8 Å². The fourth-order valence-electron chi connectivity index (χ4n) is 1.64. The molecule has 19 heavy (non-hydrogen) atoms. The second-order valence-electron chi connectivity index (χ2n) is 4.79. The Morgan fingerprint density at radius 1 is 1.21 bits per heavy atom. The molecule has 1 atom stereocenters. The summed E-state index contributed by atoms with van der Waals surface area (Å²) in [5.74, 6) is 0.0853. The van der Waals surface area contributed by atoms with E-state index in [-0.39, 0.29) is 17.9 Å². The van der Waals surface area contributed by atoms with Crippen molar-refractivity contribution in [3.63, 3.8) is 0 Å². The Hall–Kier alpha value is -0.770. The van der Waals surface area contributed by atoms with Gasteiger partial charge in [0.1, 0.15) is 0 Å². The third-order valence-corrected chi connectivity index (χ3v) is 3.39. The molecule has 1 aromatic carbocycles. The normalized spacial score (nSPS) is 12.5. The van der Waals surface area contributed by atoms with Crippen molar-refractivity contribution in [2.24, 2.45) is 5.92 Å². The lowest BCUT2D eigenvalue weighted by molar-refractivity contribution is -0.123. The molecule has 106 valence electrons. The van der Waals surface area contributed by atoms with Gasteiger partial charge in [-0.15, -0.1) is 0 Å². The van der Waals surface area contributed by atoms with E-state index in [1.54, 1.807) is 6.07 Å². The summed E-state index contributed by atoms with van der Waals surface area (Å²) < 4.78 is 0. The van der Waals surface area contributed by atoms with Crippen LogP contribution in [0.5, 0.6) is 0 Å². The van der Waals surface area contributed by atoms with Gasteiger partial charge in [0.25, 0.3) is 0 Å². The smallest absolute Gasteiger partial charge is 0.222 e. The number of amides is 1. The van der Waals surface area contributed by atoms with E-state index in [0.29, 0.717) is 23.1 Å². The van der Waals surface area contributed by atoms with Crippen LogP contribution in [0.1, 0.15) is 32.4 Å². The summed E-state index contributed by atoms with van der Waals surface area (Å²) in [6.07, 6.45) is 0.